The number of benzene rings is 1. The molecule has 0 aliphatic carbocycles. The number of amides is 1. The summed E-state index contributed by atoms with van der Waals surface area (Å²) in [5.41, 5.74) is -2.28. The van der Waals surface area contributed by atoms with E-state index in [1.807, 2.05) is 16.1 Å². The third-order valence-electron chi connectivity index (χ3n) is 6.50. The van der Waals surface area contributed by atoms with E-state index < -0.39 is 29.2 Å². The van der Waals surface area contributed by atoms with Crippen LogP contribution in [0.5, 0.6) is 5.75 Å². The molecule has 1 atom stereocenters. The van der Waals surface area contributed by atoms with E-state index >= 15 is 0 Å². The number of piperazine rings is 1. The van der Waals surface area contributed by atoms with Gasteiger partial charge in [-0.15, -0.1) is 0 Å². The van der Waals surface area contributed by atoms with Crippen molar-refractivity contribution in [1.29, 1.82) is 5.26 Å². The summed E-state index contributed by atoms with van der Waals surface area (Å²) >= 11 is 0. The molecule has 0 bridgehead atoms. The van der Waals surface area contributed by atoms with Gasteiger partial charge in [-0.3, -0.25) is 9.59 Å². The molecule has 14 heteroatoms. The largest absolute Gasteiger partial charge is 0.486 e. The lowest BCUT2D eigenvalue weighted by atomic mass is 10.1. The summed E-state index contributed by atoms with van der Waals surface area (Å²) in [6.45, 7) is 1.76. The van der Waals surface area contributed by atoms with Gasteiger partial charge in [0.2, 0.25) is 5.91 Å². The van der Waals surface area contributed by atoms with Gasteiger partial charge < -0.3 is 19.4 Å². The highest BCUT2D eigenvalue weighted by molar-refractivity contribution is 5.78. The molecular formula is C25H21F4N7O3. The maximum atomic E-state index is 14.0. The van der Waals surface area contributed by atoms with Gasteiger partial charge >= 0.3 is 6.18 Å². The zero-order valence-corrected chi connectivity index (χ0v) is 20.3. The van der Waals surface area contributed by atoms with Gasteiger partial charge in [0.15, 0.2) is 5.82 Å². The lowest BCUT2D eigenvalue weighted by molar-refractivity contribution is -0.138. The smallest absolute Gasteiger partial charge is 0.421 e. The van der Waals surface area contributed by atoms with E-state index in [0.29, 0.717) is 43.6 Å². The molecule has 39 heavy (non-hydrogen) atoms. The second-order valence-electron chi connectivity index (χ2n) is 9.02. The number of nitrogens with one attached hydrogen (secondary N) is 1. The summed E-state index contributed by atoms with van der Waals surface area (Å²) in [5, 5.41) is 14.5. The fraction of sp³-hybridized carbons (Fsp3) is 0.320. The Morgan fingerprint density at radius 3 is 2.56 bits per heavy atom. The number of anilines is 3. The number of ether oxygens (including phenoxy) is 1. The lowest BCUT2D eigenvalue weighted by Gasteiger charge is -2.38. The van der Waals surface area contributed by atoms with Gasteiger partial charge in [-0.1, -0.05) is 0 Å². The normalized spacial score (nSPS) is 17.3. The molecule has 0 spiro atoms. The summed E-state index contributed by atoms with van der Waals surface area (Å²) in [5.74, 6) is -0.269. The van der Waals surface area contributed by atoms with Crippen LogP contribution in [0.3, 0.4) is 0 Å². The second kappa shape index (κ2) is 10.2. The van der Waals surface area contributed by atoms with E-state index in [0.717, 1.165) is 12.1 Å². The van der Waals surface area contributed by atoms with Crippen LogP contribution in [-0.4, -0.2) is 64.8 Å². The van der Waals surface area contributed by atoms with Crippen LogP contribution in [-0.2, 0) is 11.0 Å². The van der Waals surface area contributed by atoms with Crippen molar-refractivity contribution in [2.24, 2.45) is 0 Å². The number of hydrogen-bond donors (Lipinski definition) is 1. The quantitative estimate of drug-likeness (QED) is 0.500. The Morgan fingerprint density at radius 2 is 1.90 bits per heavy atom. The number of alkyl halides is 3. The molecule has 1 saturated heterocycles. The summed E-state index contributed by atoms with van der Waals surface area (Å²) in [4.78, 5) is 34.1. The van der Waals surface area contributed by atoms with Crippen molar-refractivity contribution in [3.05, 3.63) is 69.9 Å². The van der Waals surface area contributed by atoms with Crippen molar-refractivity contribution in [3.63, 3.8) is 0 Å². The number of carbonyl (C=O) groups is 1. The van der Waals surface area contributed by atoms with Crippen molar-refractivity contribution in [2.75, 3.05) is 42.5 Å². The number of rotatable bonds is 4. The second-order valence-corrected chi connectivity index (χ2v) is 9.02. The molecule has 2 aromatic heterocycles. The van der Waals surface area contributed by atoms with Gasteiger partial charge in [0.05, 0.1) is 24.2 Å². The highest BCUT2D eigenvalue weighted by Gasteiger charge is 2.37. The first-order valence-electron chi connectivity index (χ1n) is 11.9. The van der Waals surface area contributed by atoms with E-state index in [2.05, 4.69) is 10.1 Å². The first-order chi connectivity index (χ1) is 18.6. The Morgan fingerprint density at radius 1 is 1.13 bits per heavy atom. The van der Waals surface area contributed by atoms with E-state index in [4.69, 9.17) is 10.00 Å². The Kier molecular flexibility index (Phi) is 6.81. The van der Waals surface area contributed by atoms with Gasteiger partial charge in [-0.25, -0.2) is 14.5 Å². The Bertz CT molecular complexity index is 1480. The lowest BCUT2D eigenvalue weighted by Crippen LogP contribution is -2.50. The first-order valence-corrected chi connectivity index (χ1v) is 11.9. The number of pyridine rings is 1. The van der Waals surface area contributed by atoms with Crippen LogP contribution >= 0.6 is 0 Å². The SMILES string of the molecule is N#Cc1ccc(N2CCN(C(=O)C[C@H]3CN(c4cc(C(F)(F)F)c(=O)[nH]n4)c4cc(F)ccc4O3)CC2)nc1. The molecule has 3 aromatic rings. The molecule has 1 N–H and O–H groups in total. The molecule has 2 aliphatic rings. The minimum absolute atomic E-state index is 0.0854. The van der Waals surface area contributed by atoms with Crippen molar-refractivity contribution >= 4 is 23.2 Å². The van der Waals surface area contributed by atoms with Crippen LogP contribution in [0.4, 0.5) is 34.9 Å². The zero-order valence-electron chi connectivity index (χ0n) is 20.3. The average Bonchev–Trinajstić information content (AvgIpc) is 2.92. The highest BCUT2D eigenvalue weighted by atomic mass is 19.4. The van der Waals surface area contributed by atoms with Gasteiger partial charge in [0.25, 0.3) is 5.56 Å². The number of aromatic amines is 1. The van der Waals surface area contributed by atoms with Crippen molar-refractivity contribution in [3.8, 4) is 11.8 Å². The van der Waals surface area contributed by atoms with Crippen molar-refractivity contribution in [2.45, 2.75) is 18.7 Å². The van der Waals surface area contributed by atoms with Gasteiger partial charge in [-0.05, 0) is 24.3 Å². The maximum Gasteiger partial charge on any atom is 0.421 e. The summed E-state index contributed by atoms with van der Waals surface area (Å²) in [7, 11) is 0. The number of fused-ring (bicyclic) bond motifs is 1. The molecule has 202 valence electrons. The monoisotopic (exact) mass is 543 g/mol. The topological polar surface area (TPSA) is 118 Å². The number of H-pyrrole nitrogens is 1. The summed E-state index contributed by atoms with van der Waals surface area (Å²) < 4.78 is 60.0. The third-order valence-corrected chi connectivity index (χ3v) is 6.50. The van der Waals surface area contributed by atoms with Crippen molar-refractivity contribution in [1.82, 2.24) is 20.1 Å². The Balaban J connectivity index is 1.30. The van der Waals surface area contributed by atoms with Crippen LogP contribution in [0.15, 0.2) is 47.4 Å². The zero-order chi connectivity index (χ0) is 27.7. The number of halogens is 4. The standard InChI is InChI=1S/C25H21F4N7O3/c26-16-2-3-20-19(9-16)36(22-11-18(25(27,28)29)24(38)33-32-22)14-17(39-20)10-23(37)35-7-5-34(6-8-35)21-4-1-15(12-30)13-31-21/h1-4,9,11,13,17H,5-8,10,14H2,(H,33,38)/t17-/m0/s1. The fourth-order valence-electron chi connectivity index (χ4n) is 4.54. The predicted octanol–water partition coefficient (Wildman–Crippen LogP) is 2.83. The maximum absolute atomic E-state index is 14.0. The molecule has 0 saturated carbocycles. The summed E-state index contributed by atoms with van der Waals surface area (Å²) in [6.07, 6.45) is -4.31. The molecule has 0 unspecified atom stereocenters. The third kappa shape index (κ3) is 5.47. The van der Waals surface area contributed by atoms with Gasteiger partial charge in [0.1, 0.15) is 35.1 Å². The van der Waals surface area contributed by atoms with E-state index in [1.165, 1.54) is 17.2 Å². The predicted molar refractivity (Wildman–Crippen MR) is 130 cm³/mol. The molecule has 1 aromatic carbocycles. The molecule has 0 radical (unpaired) electrons. The highest BCUT2D eigenvalue weighted by Crippen LogP contribution is 2.39. The fourth-order valence-corrected chi connectivity index (χ4v) is 4.54. The first kappa shape index (κ1) is 26.0. The van der Waals surface area contributed by atoms with Crippen LogP contribution in [0.2, 0.25) is 0 Å². The number of nitrogens with zero attached hydrogens (tertiary/aromatic N) is 6. The number of carbonyl (C=O) groups excluding carboxylic acids is 1. The average molecular weight is 543 g/mol. The molecule has 10 nitrogen and oxygen atoms in total. The summed E-state index contributed by atoms with van der Waals surface area (Å²) in [6, 6.07) is 9.58. The molecule has 1 amide bonds. The van der Waals surface area contributed by atoms with E-state index in [-0.39, 0.29) is 36.1 Å². The van der Waals surface area contributed by atoms with Crippen LogP contribution in [0, 0.1) is 17.1 Å². The number of nitriles is 1. The van der Waals surface area contributed by atoms with Crippen molar-refractivity contribution < 1.29 is 27.1 Å². The molecule has 2 aliphatic heterocycles. The van der Waals surface area contributed by atoms with Gasteiger partial charge in [-0.2, -0.15) is 23.5 Å². The molecular weight excluding hydrogens is 522 g/mol. The number of aromatic nitrogens is 3. The molecule has 5 rings (SSSR count). The van der Waals surface area contributed by atoms with E-state index in [1.54, 1.807) is 17.0 Å². The van der Waals surface area contributed by atoms with Crippen LogP contribution < -0.4 is 20.1 Å². The minimum atomic E-state index is -4.92. The van der Waals surface area contributed by atoms with Crippen LogP contribution in [0.25, 0.3) is 0 Å². The van der Waals surface area contributed by atoms with Crippen LogP contribution in [0.1, 0.15) is 17.5 Å². The number of hydrogen-bond acceptors (Lipinski definition) is 8. The Hall–Kier alpha value is -4.67. The molecule has 4 heterocycles. The van der Waals surface area contributed by atoms with Gasteiger partial charge in [0, 0.05) is 44.5 Å². The molecule has 1 fully saturated rings. The Labute approximate surface area is 219 Å². The van der Waals surface area contributed by atoms with E-state index in [9.17, 15) is 27.2 Å². The minimum Gasteiger partial charge on any atom is -0.486 e.